The summed E-state index contributed by atoms with van der Waals surface area (Å²) >= 11 is 0. The number of carbonyl (C=O) groups is 1. The molecular weight excluding hydrogens is 342 g/mol. The first kappa shape index (κ1) is 20.4. The summed E-state index contributed by atoms with van der Waals surface area (Å²) in [5.41, 5.74) is 2.96. The second-order valence-electron chi connectivity index (χ2n) is 6.15. The van der Waals surface area contributed by atoms with Crippen LogP contribution in [0.15, 0.2) is 42.5 Å². The molecule has 0 bridgehead atoms. The molecule has 27 heavy (non-hydrogen) atoms. The van der Waals surface area contributed by atoms with E-state index in [-0.39, 0.29) is 11.9 Å². The highest BCUT2D eigenvalue weighted by molar-refractivity contribution is 5.92. The quantitative estimate of drug-likeness (QED) is 0.705. The van der Waals surface area contributed by atoms with Crippen molar-refractivity contribution in [2.24, 2.45) is 0 Å². The van der Waals surface area contributed by atoms with Crippen LogP contribution in [0.5, 0.6) is 17.2 Å². The van der Waals surface area contributed by atoms with Crippen molar-refractivity contribution in [1.29, 1.82) is 0 Å². The Morgan fingerprint density at radius 2 is 1.67 bits per heavy atom. The van der Waals surface area contributed by atoms with E-state index < -0.39 is 0 Å². The van der Waals surface area contributed by atoms with Crippen LogP contribution in [0.25, 0.3) is 6.08 Å². The van der Waals surface area contributed by atoms with E-state index in [4.69, 9.17) is 14.2 Å². The summed E-state index contributed by atoms with van der Waals surface area (Å²) in [7, 11) is 4.83. The van der Waals surface area contributed by atoms with Gasteiger partial charge in [0, 0.05) is 6.08 Å². The zero-order valence-corrected chi connectivity index (χ0v) is 16.5. The molecule has 0 radical (unpaired) electrons. The molecule has 1 atom stereocenters. The summed E-state index contributed by atoms with van der Waals surface area (Å²) in [5, 5.41) is 3.05. The number of aryl methyl sites for hydroxylation is 1. The molecule has 0 fully saturated rings. The lowest BCUT2D eigenvalue weighted by Crippen LogP contribution is -2.26. The topological polar surface area (TPSA) is 56.8 Å². The minimum atomic E-state index is -0.148. The molecule has 0 saturated heterocycles. The molecule has 0 spiro atoms. The molecule has 1 N–H and O–H groups in total. The van der Waals surface area contributed by atoms with Crippen molar-refractivity contribution in [3.05, 3.63) is 59.2 Å². The normalized spacial score (nSPS) is 11.9. The highest BCUT2D eigenvalue weighted by atomic mass is 16.5. The zero-order valence-electron chi connectivity index (χ0n) is 16.5. The predicted molar refractivity (Wildman–Crippen MR) is 107 cm³/mol. The summed E-state index contributed by atoms with van der Waals surface area (Å²) in [6, 6.07) is 11.4. The molecule has 1 unspecified atom stereocenters. The summed E-state index contributed by atoms with van der Waals surface area (Å²) in [6.45, 7) is 4.04. The Morgan fingerprint density at radius 3 is 2.26 bits per heavy atom. The van der Waals surface area contributed by atoms with Crippen LogP contribution in [0.3, 0.4) is 0 Å². The van der Waals surface area contributed by atoms with Gasteiger partial charge in [0.25, 0.3) is 0 Å². The maximum Gasteiger partial charge on any atom is 0.244 e. The number of nitrogens with one attached hydrogen (secondary N) is 1. The largest absolute Gasteiger partial charge is 0.496 e. The second-order valence-corrected chi connectivity index (χ2v) is 6.15. The smallest absolute Gasteiger partial charge is 0.244 e. The van der Waals surface area contributed by atoms with Crippen molar-refractivity contribution in [3.63, 3.8) is 0 Å². The molecule has 5 heteroatoms. The van der Waals surface area contributed by atoms with Crippen molar-refractivity contribution in [1.82, 2.24) is 5.32 Å². The molecule has 2 aromatic rings. The Balaban J connectivity index is 2.09. The summed E-state index contributed by atoms with van der Waals surface area (Å²) in [6.07, 6.45) is 4.07. The lowest BCUT2D eigenvalue weighted by molar-refractivity contribution is -0.117. The first-order valence-electron chi connectivity index (χ1n) is 8.87. The number of hydrogen-bond donors (Lipinski definition) is 1. The lowest BCUT2D eigenvalue weighted by Gasteiger charge is -2.18. The third kappa shape index (κ3) is 5.26. The SMILES string of the molecule is CCC(NC(=O)/C=C/c1ccc(OC)c(OC)c1)c1ccc(OC)c(C)c1. The van der Waals surface area contributed by atoms with Crippen molar-refractivity contribution in [2.75, 3.05) is 21.3 Å². The third-order valence-corrected chi connectivity index (χ3v) is 4.38. The minimum Gasteiger partial charge on any atom is -0.496 e. The highest BCUT2D eigenvalue weighted by Crippen LogP contribution is 2.28. The Morgan fingerprint density at radius 1 is 1.00 bits per heavy atom. The number of carbonyl (C=O) groups excluding carboxylic acids is 1. The molecule has 0 aromatic heterocycles. The molecule has 2 rings (SSSR count). The first-order valence-corrected chi connectivity index (χ1v) is 8.87. The van der Waals surface area contributed by atoms with Crippen LogP contribution < -0.4 is 19.5 Å². The second kappa shape index (κ2) is 9.67. The van der Waals surface area contributed by atoms with E-state index in [2.05, 4.69) is 5.32 Å². The average Bonchev–Trinajstić information content (AvgIpc) is 2.70. The molecule has 2 aromatic carbocycles. The van der Waals surface area contributed by atoms with Gasteiger partial charge in [0.2, 0.25) is 5.91 Å². The van der Waals surface area contributed by atoms with Crippen molar-refractivity contribution in [3.8, 4) is 17.2 Å². The number of rotatable bonds is 8. The Hall–Kier alpha value is -2.95. The number of ether oxygens (including phenoxy) is 3. The molecule has 5 nitrogen and oxygen atoms in total. The van der Waals surface area contributed by atoms with Gasteiger partial charge in [-0.15, -0.1) is 0 Å². The number of benzene rings is 2. The van der Waals surface area contributed by atoms with Crippen LogP contribution in [0.1, 0.15) is 36.1 Å². The highest BCUT2D eigenvalue weighted by Gasteiger charge is 2.13. The standard InChI is InChI=1S/C22H27NO4/c1-6-18(17-9-11-19(25-3)15(2)13-17)23-22(24)12-8-16-7-10-20(26-4)21(14-16)27-5/h7-14,18H,6H2,1-5H3,(H,23,24)/b12-8+. The third-order valence-electron chi connectivity index (χ3n) is 4.38. The van der Waals surface area contributed by atoms with E-state index >= 15 is 0 Å². The van der Waals surface area contributed by atoms with Gasteiger partial charge in [-0.1, -0.05) is 25.1 Å². The van der Waals surface area contributed by atoms with Gasteiger partial charge < -0.3 is 19.5 Å². The van der Waals surface area contributed by atoms with Gasteiger partial charge in [-0.2, -0.15) is 0 Å². The lowest BCUT2D eigenvalue weighted by atomic mass is 10.0. The Kier molecular flexibility index (Phi) is 7.29. The molecule has 0 heterocycles. The van der Waals surface area contributed by atoms with Gasteiger partial charge in [0.05, 0.1) is 27.4 Å². The van der Waals surface area contributed by atoms with E-state index in [0.717, 1.165) is 28.9 Å². The first-order chi connectivity index (χ1) is 13.0. The molecule has 144 valence electrons. The predicted octanol–water partition coefficient (Wildman–Crippen LogP) is 4.30. The van der Waals surface area contributed by atoms with E-state index in [1.165, 1.54) is 6.08 Å². The average molecular weight is 369 g/mol. The van der Waals surface area contributed by atoms with Crippen molar-refractivity contribution in [2.45, 2.75) is 26.3 Å². The fraction of sp³-hybridized carbons (Fsp3) is 0.318. The van der Waals surface area contributed by atoms with E-state index in [0.29, 0.717) is 11.5 Å². The van der Waals surface area contributed by atoms with Crippen LogP contribution in [0.4, 0.5) is 0 Å². The monoisotopic (exact) mass is 369 g/mol. The molecule has 0 aliphatic heterocycles. The molecule has 1 amide bonds. The number of hydrogen-bond acceptors (Lipinski definition) is 4. The number of amides is 1. The summed E-state index contributed by atoms with van der Waals surface area (Å²) < 4.78 is 15.8. The molecular formula is C22H27NO4. The van der Waals surface area contributed by atoms with Crippen LogP contribution in [-0.2, 0) is 4.79 Å². The van der Waals surface area contributed by atoms with E-state index in [9.17, 15) is 4.79 Å². The van der Waals surface area contributed by atoms with E-state index in [1.54, 1.807) is 27.4 Å². The van der Waals surface area contributed by atoms with Crippen LogP contribution in [-0.4, -0.2) is 27.2 Å². The van der Waals surface area contributed by atoms with Crippen molar-refractivity contribution < 1.29 is 19.0 Å². The van der Waals surface area contributed by atoms with Gasteiger partial charge >= 0.3 is 0 Å². The minimum absolute atomic E-state index is 0.0582. The van der Waals surface area contributed by atoms with Crippen LogP contribution >= 0.6 is 0 Å². The summed E-state index contributed by atoms with van der Waals surface area (Å²) in [4.78, 5) is 12.4. The zero-order chi connectivity index (χ0) is 19.8. The fourth-order valence-corrected chi connectivity index (χ4v) is 2.89. The maximum atomic E-state index is 12.4. The number of methoxy groups -OCH3 is 3. The Labute approximate surface area is 161 Å². The Bertz CT molecular complexity index is 814. The van der Waals surface area contributed by atoms with Gasteiger partial charge in [-0.05, 0) is 54.3 Å². The van der Waals surface area contributed by atoms with Gasteiger partial charge in [-0.25, -0.2) is 0 Å². The maximum absolute atomic E-state index is 12.4. The van der Waals surface area contributed by atoms with Crippen molar-refractivity contribution >= 4 is 12.0 Å². The molecule has 0 aliphatic rings. The molecule has 0 aliphatic carbocycles. The van der Waals surface area contributed by atoms with Crippen LogP contribution in [0.2, 0.25) is 0 Å². The van der Waals surface area contributed by atoms with Gasteiger partial charge in [0.1, 0.15) is 5.75 Å². The van der Waals surface area contributed by atoms with Gasteiger partial charge in [-0.3, -0.25) is 4.79 Å². The van der Waals surface area contributed by atoms with Gasteiger partial charge in [0.15, 0.2) is 11.5 Å². The fourth-order valence-electron chi connectivity index (χ4n) is 2.89. The summed E-state index contributed by atoms with van der Waals surface area (Å²) in [5.74, 6) is 1.97. The van der Waals surface area contributed by atoms with E-state index in [1.807, 2.05) is 50.2 Å². The van der Waals surface area contributed by atoms with Crippen LogP contribution in [0, 0.1) is 6.92 Å². The molecule has 0 saturated carbocycles.